The van der Waals surface area contributed by atoms with Gasteiger partial charge in [-0.2, -0.15) is 0 Å². The van der Waals surface area contributed by atoms with Gasteiger partial charge in [-0.1, -0.05) is 52.0 Å². The predicted molar refractivity (Wildman–Crippen MR) is 250 cm³/mol. The van der Waals surface area contributed by atoms with Gasteiger partial charge in [0.1, 0.15) is 35.2 Å². The molecule has 6 aromatic rings. The molecular formula is C50H57N9O8. The van der Waals surface area contributed by atoms with E-state index in [1.807, 2.05) is 75.2 Å². The first-order valence-electron chi connectivity index (χ1n) is 22.9. The lowest BCUT2D eigenvalue weighted by atomic mass is 9.91. The smallest absolute Gasteiger partial charge is 0.407 e. The van der Waals surface area contributed by atoms with E-state index in [0.717, 1.165) is 87.2 Å². The SMILES string of the molecule is COC(=O)NC(C(=O)N1CCCC1c1ncc(-c2ccc3c(c2)OC(c2ccc(OC)cc2)c2c-3[nH]c3ccc(-c4cnc(C5CCCN5C(=O)C(NC(=O)OC)C(C)C)[nH]4)cc23)[nH]1)C(C)C. The molecule has 0 radical (unpaired) electrons. The van der Waals surface area contributed by atoms with Crippen LogP contribution in [-0.2, 0) is 19.1 Å². The van der Waals surface area contributed by atoms with Crippen molar-refractivity contribution < 1.29 is 38.1 Å². The molecule has 5 N–H and O–H groups in total. The third-order valence-corrected chi connectivity index (χ3v) is 13.3. The van der Waals surface area contributed by atoms with Gasteiger partial charge in [-0.3, -0.25) is 9.59 Å². The Labute approximate surface area is 388 Å². The molecule has 17 nitrogen and oxygen atoms in total. The van der Waals surface area contributed by atoms with Crippen LogP contribution in [0.15, 0.2) is 73.1 Å². The Kier molecular flexibility index (Phi) is 12.4. The monoisotopic (exact) mass is 911 g/mol. The first kappa shape index (κ1) is 44.9. The van der Waals surface area contributed by atoms with Crippen LogP contribution in [0.5, 0.6) is 11.5 Å². The Morgan fingerprint density at radius 1 is 0.701 bits per heavy atom. The molecule has 3 aromatic heterocycles. The summed E-state index contributed by atoms with van der Waals surface area (Å²) in [6, 6.07) is 18.3. The van der Waals surface area contributed by atoms with Crippen LogP contribution in [0.2, 0.25) is 0 Å². The van der Waals surface area contributed by atoms with E-state index in [9.17, 15) is 19.2 Å². The first-order valence-corrected chi connectivity index (χ1v) is 22.9. The van der Waals surface area contributed by atoms with Crippen molar-refractivity contribution in [2.75, 3.05) is 34.4 Å². The number of hydrogen-bond donors (Lipinski definition) is 5. The van der Waals surface area contributed by atoms with Crippen LogP contribution in [0.1, 0.15) is 94.3 Å². The second-order valence-electron chi connectivity index (χ2n) is 18.1. The maximum atomic E-state index is 13.8. The molecule has 350 valence electrons. The molecule has 17 heteroatoms. The summed E-state index contributed by atoms with van der Waals surface area (Å²) in [5, 5.41) is 6.42. The number of amides is 4. The van der Waals surface area contributed by atoms with E-state index in [2.05, 4.69) is 49.9 Å². The number of H-pyrrole nitrogens is 3. The number of nitrogens with one attached hydrogen (secondary N) is 5. The van der Waals surface area contributed by atoms with Crippen molar-refractivity contribution in [3.63, 3.8) is 0 Å². The van der Waals surface area contributed by atoms with Gasteiger partial charge in [0.25, 0.3) is 0 Å². The highest BCUT2D eigenvalue weighted by Gasteiger charge is 2.40. The molecule has 67 heavy (non-hydrogen) atoms. The van der Waals surface area contributed by atoms with E-state index < -0.39 is 30.4 Å². The van der Waals surface area contributed by atoms with Crippen molar-refractivity contribution in [3.8, 4) is 45.3 Å². The van der Waals surface area contributed by atoms with Gasteiger partial charge in [0, 0.05) is 46.2 Å². The molecule has 5 unspecified atom stereocenters. The summed E-state index contributed by atoms with van der Waals surface area (Å²) in [5.41, 5.74) is 8.09. The molecule has 3 aliphatic rings. The largest absolute Gasteiger partial charge is 0.497 e. The Morgan fingerprint density at radius 3 is 1.76 bits per heavy atom. The number of rotatable bonds is 12. The molecule has 6 heterocycles. The van der Waals surface area contributed by atoms with Crippen molar-refractivity contribution in [2.24, 2.45) is 11.8 Å². The van der Waals surface area contributed by atoms with E-state index in [1.54, 1.807) is 18.2 Å². The van der Waals surface area contributed by atoms with E-state index in [4.69, 9.17) is 28.9 Å². The molecule has 0 aliphatic carbocycles. The number of carbonyl (C=O) groups excluding carboxylic acids is 4. The first-order chi connectivity index (χ1) is 32.4. The van der Waals surface area contributed by atoms with Gasteiger partial charge in [-0.15, -0.1) is 0 Å². The van der Waals surface area contributed by atoms with Crippen LogP contribution in [0.4, 0.5) is 9.59 Å². The highest BCUT2D eigenvalue weighted by molar-refractivity contribution is 5.96. The number of ether oxygens (including phenoxy) is 4. The van der Waals surface area contributed by atoms with Crippen LogP contribution in [0.25, 0.3) is 44.7 Å². The fourth-order valence-corrected chi connectivity index (χ4v) is 9.75. The van der Waals surface area contributed by atoms with Gasteiger partial charge in [0.05, 0.1) is 62.9 Å². The van der Waals surface area contributed by atoms with Crippen LogP contribution in [-0.4, -0.2) is 105 Å². The number of fused-ring (bicyclic) bond motifs is 5. The summed E-state index contributed by atoms with van der Waals surface area (Å²) in [4.78, 5) is 75.8. The maximum absolute atomic E-state index is 13.8. The number of alkyl carbamates (subject to hydrolysis) is 2. The van der Waals surface area contributed by atoms with E-state index >= 15 is 0 Å². The standard InChI is InChI=1S/C50H57N9O8/c1-26(2)41(56-49(62)65-6)47(60)58-20-8-10-37(58)45-51-24-35(54-45)29-15-19-34-33(22-29)40-43(53-34)32-18-14-30(23-39(32)67-44(40)28-12-16-31(64-5)17-13-28)36-25-52-46(55-36)38-11-9-21-59(38)48(61)42(27(3)4)57-50(63)66-7/h12-19,22-27,37-38,41-42,44,53H,8-11,20-21H2,1-7H3,(H,51,54)(H,52,55)(H,56,62)(H,57,63). The fourth-order valence-electron chi connectivity index (χ4n) is 9.75. The quantitative estimate of drug-likeness (QED) is 0.0795. The maximum Gasteiger partial charge on any atom is 0.407 e. The molecule has 0 bridgehead atoms. The second-order valence-corrected chi connectivity index (χ2v) is 18.1. The normalized spacial score (nSPS) is 18.6. The summed E-state index contributed by atoms with van der Waals surface area (Å²) in [6.45, 7) is 8.71. The minimum Gasteiger partial charge on any atom is -0.497 e. The number of benzene rings is 3. The number of hydrogen-bond acceptors (Lipinski definition) is 10. The molecule has 0 spiro atoms. The summed E-state index contributed by atoms with van der Waals surface area (Å²) in [5.74, 6) is 2.18. The summed E-state index contributed by atoms with van der Waals surface area (Å²) < 4.78 is 22.2. The van der Waals surface area contributed by atoms with Crippen molar-refractivity contribution >= 4 is 34.9 Å². The molecule has 3 aliphatic heterocycles. The molecule has 3 aromatic carbocycles. The Hall–Kier alpha value is -7.30. The number of aromatic nitrogens is 5. The number of methoxy groups -OCH3 is 3. The number of imidazole rings is 2. The summed E-state index contributed by atoms with van der Waals surface area (Å²) in [7, 11) is 4.22. The molecule has 0 saturated carbocycles. The lowest BCUT2D eigenvalue weighted by Crippen LogP contribution is -2.51. The van der Waals surface area contributed by atoms with Gasteiger partial charge in [-0.05, 0) is 79.5 Å². The number of carbonyl (C=O) groups is 4. The number of nitrogens with zero attached hydrogens (tertiary/aromatic N) is 4. The van der Waals surface area contributed by atoms with Gasteiger partial charge >= 0.3 is 12.2 Å². The van der Waals surface area contributed by atoms with Gasteiger partial charge in [0.15, 0.2) is 6.10 Å². The Bertz CT molecular complexity index is 2810. The topological polar surface area (TPSA) is 209 Å². The van der Waals surface area contributed by atoms with E-state index in [0.29, 0.717) is 30.5 Å². The molecule has 4 amide bonds. The highest BCUT2D eigenvalue weighted by Crippen LogP contribution is 2.49. The zero-order valence-corrected chi connectivity index (χ0v) is 38.8. The van der Waals surface area contributed by atoms with Gasteiger partial charge < -0.3 is 54.3 Å². The van der Waals surface area contributed by atoms with Crippen LogP contribution in [0, 0.1) is 11.8 Å². The lowest BCUT2D eigenvalue weighted by Gasteiger charge is -2.30. The zero-order chi connectivity index (χ0) is 47.1. The van der Waals surface area contributed by atoms with Crippen LogP contribution in [0.3, 0.4) is 0 Å². The van der Waals surface area contributed by atoms with Crippen molar-refractivity contribution in [1.82, 2.24) is 45.4 Å². The number of likely N-dealkylation sites (tertiary alicyclic amines) is 2. The number of aromatic amines is 3. The minimum atomic E-state index is -0.729. The zero-order valence-electron chi connectivity index (χ0n) is 38.8. The minimum absolute atomic E-state index is 0.139. The van der Waals surface area contributed by atoms with Gasteiger partial charge in [0.2, 0.25) is 11.8 Å². The molecular weight excluding hydrogens is 855 g/mol. The molecule has 9 rings (SSSR count). The third kappa shape index (κ3) is 8.53. The van der Waals surface area contributed by atoms with Gasteiger partial charge in [-0.25, -0.2) is 19.6 Å². The predicted octanol–water partition coefficient (Wildman–Crippen LogP) is 8.19. The lowest BCUT2D eigenvalue weighted by molar-refractivity contribution is -0.136. The van der Waals surface area contributed by atoms with E-state index in [1.165, 1.54) is 14.2 Å². The van der Waals surface area contributed by atoms with E-state index in [-0.39, 0.29) is 35.7 Å². The van der Waals surface area contributed by atoms with Crippen LogP contribution >= 0.6 is 0 Å². The van der Waals surface area contributed by atoms with Crippen molar-refractivity contribution in [3.05, 3.63) is 95.8 Å². The Balaban J connectivity index is 1.02. The summed E-state index contributed by atoms with van der Waals surface area (Å²) >= 11 is 0. The average molecular weight is 912 g/mol. The highest BCUT2D eigenvalue weighted by atomic mass is 16.5. The third-order valence-electron chi connectivity index (χ3n) is 13.3. The average Bonchev–Trinajstić information content (AvgIpc) is 4.20. The molecule has 2 fully saturated rings. The van der Waals surface area contributed by atoms with Crippen molar-refractivity contribution in [2.45, 2.75) is 83.6 Å². The fraction of sp³-hybridized carbons (Fsp3) is 0.400. The summed E-state index contributed by atoms with van der Waals surface area (Å²) in [6.07, 6.45) is 4.94. The molecule has 2 saturated heterocycles. The molecule has 5 atom stereocenters. The second kappa shape index (κ2) is 18.5. The Morgan fingerprint density at radius 2 is 1.24 bits per heavy atom. The van der Waals surface area contributed by atoms with Crippen molar-refractivity contribution in [1.29, 1.82) is 0 Å². The van der Waals surface area contributed by atoms with Crippen LogP contribution < -0.4 is 20.1 Å².